The molecule has 0 radical (unpaired) electrons. The highest BCUT2D eigenvalue weighted by atomic mass is 32.2. The SMILES string of the molecule is Cc1ccc(S(=O)(=O)N2CCNC[C@H]2C)cc1F. The van der Waals surface area contributed by atoms with Crippen molar-refractivity contribution in [1.29, 1.82) is 0 Å². The van der Waals surface area contributed by atoms with Crippen molar-refractivity contribution in [3.8, 4) is 0 Å². The number of nitrogens with one attached hydrogen (secondary N) is 1. The van der Waals surface area contributed by atoms with Gasteiger partial charge < -0.3 is 5.32 Å². The van der Waals surface area contributed by atoms with Gasteiger partial charge in [0.1, 0.15) is 5.82 Å². The van der Waals surface area contributed by atoms with Crippen LogP contribution in [-0.4, -0.2) is 38.4 Å². The number of hydrogen-bond donors (Lipinski definition) is 1. The van der Waals surface area contributed by atoms with Crippen LogP contribution in [0.4, 0.5) is 4.39 Å². The molecule has 1 atom stereocenters. The minimum absolute atomic E-state index is 0.0272. The van der Waals surface area contributed by atoms with Gasteiger partial charge in [-0.3, -0.25) is 0 Å². The second kappa shape index (κ2) is 4.95. The zero-order valence-corrected chi connectivity index (χ0v) is 11.3. The van der Waals surface area contributed by atoms with Gasteiger partial charge in [-0.15, -0.1) is 0 Å². The highest BCUT2D eigenvalue weighted by molar-refractivity contribution is 7.89. The largest absolute Gasteiger partial charge is 0.314 e. The highest BCUT2D eigenvalue weighted by Gasteiger charge is 2.31. The number of benzene rings is 1. The molecule has 1 N–H and O–H groups in total. The summed E-state index contributed by atoms with van der Waals surface area (Å²) in [5, 5.41) is 3.13. The molecule has 1 aliphatic rings. The van der Waals surface area contributed by atoms with Crippen LogP contribution in [0.5, 0.6) is 0 Å². The van der Waals surface area contributed by atoms with Gasteiger partial charge in [0.15, 0.2) is 0 Å². The maximum atomic E-state index is 13.5. The van der Waals surface area contributed by atoms with Crippen LogP contribution in [0, 0.1) is 12.7 Å². The fourth-order valence-electron chi connectivity index (χ4n) is 2.05. The summed E-state index contributed by atoms with van der Waals surface area (Å²) in [7, 11) is -3.60. The summed E-state index contributed by atoms with van der Waals surface area (Å²) < 4.78 is 39.7. The van der Waals surface area contributed by atoms with Crippen molar-refractivity contribution in [1.82, 2.24) is 9.62 Å². The van der Waals surface area contributed by atoms with E-state index in [0.717, 1.165) is 6.07 Å². The van der Waals surface area contributed by atoms with Crippen molar-refractivity contribution in [3.63, 3.8) is 0 Å². The molecule has 1 heterocycles. The molecule has 100 valence electrons. The highest BCUT2D eigenvalue weighted by Crippen LogP contribution is 2.21. The van der Waals surface area contributed by atoms with E-state index < -0.39 is 15.8 Å². The molecular weight excluding hydrogens is 255 g/mol. The summed E-state index contributed by atoms with van der Waals surface area (Å²) in [6, 6.07) is 3.94. The number of nitrogens with zero attached hydrogens (tertiary/aromatic N) is 1. The maximum absolute atomic E-state index is 13.5. The Balaban J connectivity index is 2.37. The molecule has 0 aliphatic carbocycles. The monoisotopic (exact) mass is 272 g/mol. The molecule has 0 saturated carbocycles. The molecule has 18 heavy (non-hydrogen) atoms. The molecule has 2 rings (SSSR count). The van der Waals surface area contributed by atoms with E-state index in [4.69, 9.17) is 0 Å². The summed E-state index contributed by atoms with van der Waals surface area (Å²) in [5.41, 5.74) is 0.447. The molecule has 1 aliphatic heterocycles. The first-order chi connectivity index (χ1) is 8.43. The lowest BCUT2D eigenvalue weighted by atomic mass is 10.2. The molecule has 6 heteroatoms. The Morgan fingerprint density at radius 1 is 1.44 bits per heavy atom. The number of halogens is 1. The minimum atomic E-state index is -3.60. The lowest BCUT2D eigenvalue weighted by Gasteiger charge is -2.32. The Hall–Kier alpha value is -0.980. The normalized spacial score (nSPS) is 22.1. The van der Waals surface area contributed by atoms with E-state index >= 15 is 0 Å². The van der Waals surface area contributed by atoms with Crippen molar-refractivity contribution in [2.75, 3.05) is 19.6 Å². The molecule has 4 nitrogen and oxygen atoms in total. The van der Waals surface area contributed by atoms with Gasteiger partial charge in [-0.05, 0) is 31.5 Å². The number of rotatable bonds is 2. The molecule has 0 spiro atoms. The molecule has 1 saturated heterocycles. The van der Waals surface area contributed by atoms with E-state index in [1.165, 1.54) is 16.4 Å². The third-order valence-corrected chi connectivity index (χ3v) is 5.20. The summed E-state index contributed by atoms with van der Waals surface area (Å²) in [4.78, 5) is 0.0272. The molecule has 0 amide bonds. The van der Waals surface area contributed by atoms with Crippen LogP contribution >= 0.6 is 0 Å². The number of sulfonamides is 1. The molecule has 0 bridgehead atoms. The van der Waals surface area contributed by atoms with E-state index in [1.54, 1.807) is 6.92 Å². The molecule has 0 aromatic heterocycles. The first-order valence-corrected chi connectivity index (χ1v) is 7.35. The summed E-state index contributed by atoms with van der Waals surface area (Å²) in [6.07, 6.45) is 0. The van der Waals surface area contributed by atoms with Gasteiger partial charge in [0.25, 0.3) is 0 Å². The third kappa shape index (κ3) is 2.41. The van der Waals surface area contributed by atoms with Crippen LogP contribution in [0.25, 0.3) is 0 Å². The van der Waals surface area contributed by atoms with E-state index in [1.807, 2.05) is 6.92 Å². The lowest BCUT2D eigenvalue weighted by molar-refractivity contribution is 0.283. The smallest absolute Gasteiger partial charge is 0.243 e. The van der Waals surface area contributed by atoms with Gasteiger partial charge in [0, 0.05) is 25.7 Å². The van der Waals surface area contributed by atoms with Crippen molar-refractivity contribution in [3.05, 3.63) is 29.6 Å². The topological polar surface area (TPSA) is 49.4 Å². The van der Waals surface area contributed by atoms with Gasteiger partial charge in [-0.25, -0.2) is 12.8 Å². The van der Waals surface area contributed by atoms with Gasteiger partial charge in [0.2, 0.25) is 10.0 Å². The van der Waals surface area contributed by atoms with Gasteiger partial charge in [0.05, 0.1) is 4.90 Å². The van der Waals surface area contributed by atoms with E-state index in [9.17, 15) is 12.8 Å². The van der Waals surface area contributed by atoms with E-state index in [0.29, 0.717) is 25.2 Å². The minimum Gasteiger partial charge on any atom is -0.314 e. The summed E-state index contributed by atoms with van der Waals surface area (Å²) in [5.74, 6) is -0.487. The van der Waals surface area contributed by atoms with Gasteiger partial charge in [-0.1, -0.05) is 6.07 Å². The number of piperazine rings is 1. The van der Waals surface area contributed by atoms with Gasteiger partial charge >= 0.3 is 0 Å². The fraction of sp³-hybridized carbons (Fsp3) is 0.500. The quantitative estimate of drug-likeness (QED) is 0.877. The lowest BCUT2D eigenvalue weighted by Crippen LogP contribution is -2.52. The van der Waals surface area contributed by atoms with E-state index in [2.05, 4.69) is 5.32 Å². The van der Waals surface area contributed by atoms with Crippen molar-refractivity contribution in [2.24, 2.45) is 0 Å². The van der Waals surface area contributed by atoms with Crippen molar-refractivity contribution < 1.29 is 12.8 Å². The standard InChI is InChI=1S/C12H17FN2O2S/c1-9-3-4-11(7-12(9)13)18(16,17)15-6-5-14-8-10(15)2/h3-4,7,10,14H,5-6,8H2,1-2H3/t10-/m1/s1. The zero-order valence-electron chi connectivity index (χ0n) is 10.5. The van der Waals surface area contributed by atoms with Crippen LogP contribution in [-0.2, 0) is 10.0 Å². The van der Waals surface area contributed by atoms with E-state index in [-0.39, 0.29) is 10.9 Å². The van der Waals surface area contributed by atoms with Crippen LogP contribution < -0.4 is 5.32 Å². The number of hydrogen-bond acceptors (Lipinski definition) is 3. The van der Waals surface area contributed by atoms with Crippen LogP contribution in [0.2, 0.25) is 0 Å². The van der Waals surface area contributed by atoms with Crippen molar-refractivity contribution in [2.45, 2.75) is 24.8 Å². The predicted octanol–water partition coefficient (Wildman–Crippen LogP) is 1.12. The second-order valence-electron chi connectivity index (χ2n) is 4.58. The molecular formula is C12H17FN2O2S. The molecule has 1 aromatic carbocycles. The molecule has 0 unspecified atom stereocenters. The molecule has 1 aromatic rings. The Kier molecular flexibility index (Phi) is 3.70. The Bertz CT molecular complexity index is 545. The first-order valence-electron chi connectivity index (χ1n) is 5.91. The van der Waals surface area contributed by atoms with Crippen LogP contribution in [0.15, 0.2) is 23.1 Å². The van der Waals surface area contributed by atoms with Crippen LogP contribution in [0.3, 0.4) is 0 Å². The maximum Gasteiger partial charge on any atom is 0.243 e. The second-order valence-corrected chi connectivity index (χ2v) is 6.47. The zero-order chi connectivity index (χ0) is 13.3. The Morgan fingerprint density at radius 3 is 2.78 bits per heavy atom. The Labute approximate surface area is 107 Å². The average Bonchev–Trinajstić information content (AvgIpc) is 2.33. The third-order valence-electron chi connectivity index (χ3n) is 3.19. The summed E-state index contributed by atoms with van der Waals surface area (Å²) >= 11 is 0. The van der Waals surface area contributed by atoms with Crippen LogP contribution in [0.1, 0.15) is 12.5 Å². The Morgan fingerprint density at radius 2 is 2.17 bits per heavy atom. The first kappa shape index (κ1) is 13.5. The predicted molar refractivity (Wildman–Crippen MR) is 67.4 cm³/mol. The fourth-order valence-corrected chi connectivity index (χ4v) is 3.69. The summed E-state index contributed by atoms with van der Waals surface area (Å²) in [6.45, 7) is 5.11. The van der Waals surface area contributed by atoms with Gasteiger partial charge in [-0.2, -0.15) is 4.31 Å². The average molecular weight is 272 g/mol. The van der Waals surface area contributed by atoms with Crippen molar-refractivity contribution >= 4 is 10.0 Å². The molecule has 1 fully saturated rings. The number of aryl methyl sites for hydroxylation is 1.